The molecule has 0 aliphatic carbocycles. The molecule has 2 rings (SSSR count). The standard InChI is InChI=1S/C18H11F3N2O3S/c19-18(20,21)27-15-7-1-11(2-8-15)9-13(10-22)16(24)23-14-5-3-12(4-6-14)17(25)26/h1-9H,(H,23,24)(H,25,26)/b13-9+. The lowest BCUT2D eigenvalue weighted by Gasteiger charge is -2.06. The van der Waals surface area contributed by atoms with Crippen LogP contribution in [-0.4, -0.2) is 22.5 Å². The summed E-state index contributed by atoms with van der Waals surface area (Å²) in [4.78, 5) is 22.9. The van der Waals surface area contributed by atoms with E-state index in [2.05, 4.69) is 5.32 Å². The number of carboxylic acids is 1. The Bertz CT molecular complexity index is 915. The number of benzene rings is 2. The van der Waals surface area contributed by atoms with Gasteiger partial charge in [0.2, 0.25) is 0 Å². The molecule has 0 saturated heterocycles. The Hall–Kier alpha value is -3.25. The summed E-state index contributed by atoms with van der Waals surface area (Å²) in [6, 6.07) is 12.3. The maximum Gasteiger partial charge on any atom is 0.446 e. The van der Waals surface area contributed by atoms with Gasteiger partial charge in [-0.25, -0.2) is 4.79 Å². The van der Waals surface area contributed by atoms with E-state index in [9.17, 15) is 22.8 Å². The summed E-state index contributed by atoms with van der Waals surface area (Å²) in [5.74, 6) is -1.84. The first-order chi connectivity index (χ1) is 12.7. The van der Waals surface area contributed by atoms with Gasteiger partial charge < -0.3 is 10.4 Å². The highest BCUT2D eigenvalue weighted by molar-refractivity contribution is 8.00. The van der Waals surface area contributed by atoms with Gasteiger partial charge in [-0.3, -0.25) is 4.79 Å². The molecule has 0 radical (unpaired) electrons. The highest BCUT2D eigenvalue weighted by Gasteiger charge is 2.28. The third-order valence-corrected chi connectivity index (χ3v) is 3.92. The van der Waals surface area contributed by atoms with Crippen molar-refractivity contribution >= 4 is 35.4 Å². The third-order valence-electron chi connectivity index (χ3n) is 3.18. The number of halogens is 3. The van der Waals surface area contributed by atoms with Gasteiger partial charge in [0, 0.05) is 10.6 Å². The number of nitrogens with one attached hydrogen (secondary N) is 1. The molecular weight excluding hydrogens is 381 g/mol. The second-order valence-corrected chi connectivity index (χ2v) is 6.26. The van der Waals surface area contributed by atoms with Crippen LogP contribution >= 0.6 is 11.8 Å². The molecule has 9 heteroatoms. The number of carboxylic acid groups (broad SMARTS) is 1. The predicted molar refractivity (Wildman–Crippen MR) is 94.0 cm³/mol. The average Bonchev–Trinajstić information content (AvgIpc) is 2.60. The van der Waals surface area contributed by atoms with Crippen LogP contribution in [0.5, 0.6) is 0 Å². The Labute approximate surface area is 156 Å². The molecule has 0 bridgehead atoms. The van der Waals surface area contributed by atoms with E-state index in [1.807, 2.05) is 0 Å². The largest absolute Gasteiger partial charge is 0.478 e. The molecule has 0 saturated carbocycles. The summed E-state index contributed by atoms with van der Waals surface area (Å²) in [6.45, 7) is 0. The minimum Gasteiger partial charge on any atom is -0.478 e. The minimum absolute atomic E-state index is 0.0128. The summed E-state index contributed by atoms with van der Waals surface area (Å²) < 4.78 is 36.9. The van der Waals surface area contributed by atoms with Crippen molar-refractivity contribution in [1.29, 1.82) is 5.26 Å². The predicted octanol–water partition coefficient (Wildman–Crippen LogP) is 4.54. The number of anilines is 1. The minimum atomic E-state index is -4.40. The Morgan fingerprint density at radius 3 is 2.15 bits per heavy atom. The number of alkyl halides is 3. The molecule has 0 heterocycles. The molecule has 0 fully saturated rings. The van der Waals surface area contributed by atoms with Crippen LogP contribution < -0.4 is 5.32 Å². The molecule has 0 atom stereocenters. The van der Waals surface area contributed by atoms with E-state index in [1.54, 1.807) is 6.07 Å². The molecule has 0 aliphatic rings. The van der Waals surface area contributed by atoms with Gasteiger partial charge in [-0.15, -0.1) is 0 Å². The second kappa shape index (κ2) is 8.42. The van der Waals surface area contributed by atoms with Crippen LogP contribution in [-0.2, 0) is 4.79 Å². The monoisotopic (exact) mass is 392 g/mol. The number of hydrogen-bond donors (Lipinski definition) is 2. The number of hydrogen-bond acceptors (Lipinski definition) is 4. The maximum atomic E-state index is 12.3. The summed E-state index contributed by atoms with van der Waals surface area (Å²) in [5.41, 5.74) is -3.93. The third kappa shape index (κ3) is 6.20. The Morgan fingerprint density at radius 1 is 1.07 bits per heavy atom. The Morgan fingerprint density at radius 2 is 1.67 bits per heavy atom. The summed E-state index contributed by atoms with van der Waals surface area (Å²) in [6.07, 6.45) is 1.24. The molecule has 1 amide bonds. The lowest BCUT2D eigenvalue weighted by Crippen LogP contribution is -2.13. The van der Waals surface area contributed by atoms with Crippen molar-refractivity contribution < 1.29 is 27.9 Å². The highest BCUT2D eigenvalue weighted by atomic mass is 32.2. The van der Waals surface area contributed by atoms with Gasteiger partial charge in [0.25, 0.3) is 5.91 Å². The number of thioether (sulfide) groups is 1. The molecule has 5 nitrogen and oxygen atoms in total. The zero-order valence-electron chi connectivity index (χ0n) is 13.4. The molecule has 0 unspecified atom stereocenters. The maximum absolute atomic E-state index is 12.3. The van der Waals surface area contributed by atoms with E-state index >= 15 is 0 Å². The van der Waals surface area contributed by atoms with Crippen LogP contribution in [0.1, 0.15) is 15.9 Å². The van der Waals surface area contributed by atoms with Crippen LogP contribution in [0.4, 0.5) is 18.9 Å². The smallest absolute Gasteiger partial charge is 0.446 e. The summed E-state index contributed by atoms with van der Waals surface area (Å²) >= 11 is -0.261. The fourth-order valence-corrected chi connectivity index (χ4v) is 2.51. The number of carbonyl (C=O) groups is 2. The number of nitrogens with zero attached hydrogens (tertiary/aromatic N) is 1. The lowest BCUT2D eigenvalue weighted by atomic mass is 10.1. The van der Waals surface area contributed by atoms with E-state index in [1.165, 1.54) is 54.6 Å². The van der Waals surface area contributed by atoms with Crippen LogP contribution in [0, 0.1) is 11.3 Å². The van der Waals surface area contributed by atoms with Crippen molar-refractivity contribution in [2.75, 3.05) is 5.32 Å². The fraction of sp³-hybridized carbons (Fsp3) is 0.0556. The first kappa shape index (κ1) is 20.1. The van der Waals surface area contributed by atoms with E-state index in [-0.39, 0.29) is 27.8 Å². The van der Waals surface area contributed by atoms with E-state index in [4.69, 9.17) is 10.4 Å². The Balaban J connectivity index is 2.11. The van der Waals surface area contributed by atoms with Crippen molar-refractivity contribution in [3.05, 3.63) is 65.2 Å². The fourth-order valence-electron chi connectivity index (χ4n) is 1.98. The van der Waals surface area contributed by atoms with Crippen molar-refractivity contribution in [1.82, 2.24) is 0 Å². The molecule has 2 N–H and O–H groups in total. The van der Waals surface area contributed by atoms with Crippen LogP contribution in [0.15, 0.2) is 59.0 Å². The summed E-state index contributed by atoms with van der Waals surface area (Å²) in [7, 11) is 0. The molecule has 0 aromatic heterocycles. The van der Waals surface area contributed by atoms with Gasteiger partial charge in [0.1, 0.15) is 11.6 Å². The van der Waals surface area contributed by atoms with Crippen molar-refractivity contribution in [2.24, 2.45) is 0 Å². The quantitative estimate of drug-likeness (QED) is 0.443. The van der Waals surface area contributed by atoms with Crippen molar-refractivity contribution in [3.63, 3.8) is 0 Å². The number of carbonyl (C=O) groups excluding carboxylic acids is 1. The van der Waals surface area contributed by atoms with Crippen molar-refractivity contribution in [3.8, 4) is 6.07 Å². The van der Waals surface area contributed by atoms with Gasteiger partial charge in [-0.2, -0.15) is 18.4 Å². The van der Waals surface area contributed by atoms with Crippen LogP contribution in [0.25, 0.3) is 6.08 Å². The van der Waals surface area contributed by atoms with E-state index < -0.39 is 17.4 Å². The average molecular weight is 392 g/mol. The number of rotatable bonds is 5. The zero-order valence-corrected chi connectivity index (χ0v) is 14.3. The first-order valence-corrected chi connectivity index (χ1v) is 8.12. The Kier molecular flexibility index (Phi) is 6.26. The molecule has 0 aliphatic heterocycles. The summed E-state index contributed by atoms with van der Waals surface area (Å²) in [5, 5.41) is 20.4. The van der Waals surface area contributed by atoms with Gasteiger partial charge in [0.15, 0.2) is 0 Å². The van der Waals surface area contributed by atoms with Crippen molar-refractivity contribution in [2.45, 2.75) is 10.4 Å². The number of nitriles is 1. The molecule has 2 aromatic rings. The molecule has 0 spiro atoms. The van der Waals surface area contributed by atoms with Gasteiger partial charge in [-0.1, -0.05) is 12.1 Å². The first-order valence-electron chi connectivity index (χ1n) is 7.30. The van der Waals surface area contributed by atoms with Crippen LogP contribution in [0.3, 0.4) is 0 Å². The molecular formula is C18H11F3N2O3S. The number of aromatic carboxylic acids is 1. The topological polar surface area (TPSA) is 90.2 Å². The van der Waals surface area contributed by atoms with E-state index in [0.29, 0.717) is 11.3 Å². The normalized spacial score (nSPS) is 11.6. The van der Waals surface area contributed by atoms with Gasteiger partial charge in [0.05, 0.1) is 5.56 Å². The second-order valence-electron chi connectivity index (χ2n) is 5.12. The van der Waals surface area contributed by atoms with Gasteiger partial charge >= 0.3 is 11.5 Å². The SMILES string of the molecule is N#C/C(=C\c1ccc(SC(F)(F)F)cc1)C(=O)Nc1ccc(C(=O)O)cc1. The van der Waals surface area contributed by atoms with Crippen LogP contribution in [0.2, 0.25) is 0 Å². The molecule has 138 valence electrons. The highest BCUT2D eigenvalue weighted by Crippen LogP contribution is 2.36. The molecule has 27 heavy (non-hydrogen) atoms. The zero-order chi connectivity index (χ0) is 20.0. The molecule has 2 aromatic carbocycles. The number of amides is 1. The van der Waals surface area contributed by atoms with Gasteiger partial charge in [-0.05, 0) is 59.8 Å². The lowest BCUT2D eigenvalue weighted by molar-refractivity contribution is -0.112. The van der Waals surface area contributed by atoms with E-state index in [0.717, 1.165) is 0 Å².